The maximum atomic E-state index is 6.05. The number of halogens is 2. The van der Waals surface area contributed by atoms with E-state index in [1.165, 1.54) is 0 Å². The van der Waals surface area contributed by atoms with Crippen LogP contribution in [0.5, 0.6) is 0 Å². The van der Waals surface area contributed by atoms with Gasteiger partial charge in [-0.2, -0.15) is 10.1 Å². The van der Waals surface area contributed by atoms with Gasteiger partial charge >= 0.3 is 0 Å². The Hall–Kier alpha value is -1.89. The van der Waals surface area contributed by atoms with E-state index in [4.69, 9.17) is 16.1 Å². The Balaban J connectivity index is 0.00000208. The zero-order chi connectivity index (χ0) is 16.4. The molecule has 8 heteroatoms. The van der Waals surface area contributed by atoms with Crippen molar-refractivity contribution in [2.45, 2.75) is 26.3 Å². The van der Waals surface area contributed by atoms with Crippen molar-refractivity contribution >= 4 is 24.0 Å². The van der Waals surface area contributed by atoms with E-state index >= 15 is 0 Å². The van der Waals surface area contributed by atoms with Crippen molar-refractivity contribution in [3.05, 3.63) is 47.0 Å². The van der Waals surface area contributed by atoms with Gasteiger partial charge in [0.2, 0.25) is 0 Å². The minimum atomic E-state index is 0. The molecule has 0 radical (unpaired) electrons. The van der Waals surface area contributed by atoms with Gasteiger partial charge in [-0.25, -0.2) is 4.68 Å². The van der Waals surface area contributed by atoms with Gasteiger partial charge in [0.15, 0.2) is 5.82 Å². The molecule has 128 valence electrons. The molecule has 6 nitrogen and oxygen atoms in total. The molecule has 2 heterocycles. The van der Waals surface area contributed by atoms with Gasteiger partial charge < -0.3 is 9.84 Å². The maximum absolute atomic E-state index is 6.05. The SMILES string of the molecule is CNC(C)Cc1noc(-c2cnn(-c3cccc(Cl)c3)c2C)n1.Cl. The lowest BCUT2D eigenvalue weighted by Crippen LogP contribution is -2.24. The van der Waals surface area contributed by atoms with Crippen LogP contribution in [0.2, 0.25) is 5.02 Å². The summed E-state index contributed by atoms with van der Waals surface area (Å²) in [5.41, 5.74) is 2.63. The molecule has 1 unspecified atom stereocenters. The summed E-state index contributed by atoms with van der Waals surface area (Å²) in [6.45, 7) is 4.03. The van der Waals surface area contributed by atoms with Crippen LogP contribution < -0.4 is 5.32 Å². The van der Waals surface area contributed by atoms with Crippen LogP contribution in [0.1, 0.15) is 18.4 Å². The summed E-state index contributed by atoms with van der Waals surface area (Å²) in [6, 6.07) is 7.82. The summed E-state index contributed by atoms with van der Waals surface area (Å²) in [5.74, 6) is 1.16. The molecule has 0 aliphatic rings. The average molecular weight is 368 g/mol. The summed E-state index contributed by atoms with van der Waals surface area (Å²) >= 11 is 6.05. The molecule has 0 spiro atoms. The van der Waals surface area contributed by atoms with Crippen LogP contribution in [0, 0.1) is 6.92 Å². The average Bonchev–Trinajstić information content (AvgIpc) is 3.13. The standard InChI is InChI=1S/C16H18ClN5O.ClH/c1-10(18-3)7-15-20-16(23-21-15)14-9-19-22(11(14)2)13-6-4-5-12(17)8-13;/h4-6,8-10,18H,7H2,1-3H3;1H. The Bertz CT molecular complexity index is 814. The second kappa shape index (κ2) is 7.79. The van der Waals surface area contributed by atoms with E-state index in [9.17, 15) is 0 Å². The zero-order valence-electron chi connectivity index (χ0n) is 13.7. The zero-order valence-corrected chi connectivity index (χ0v) is 15.2. The highest BCUT2D eigenvalue weighted by Crippen LogP contribution is 2.24. The molecular formula is C16H19Cl2N5O. The Kier molecular flexibility index (Phi) is 5.99. The second-order valence-electron chi connectivity index (χ2n) is 5.44. The molecule has 0 saturated heterocycles. The van der Waals surface area contributed by atoms with E-state index in [0.717, 1.165) is 16.9 Å². The molecule has 3 rings (SSSR count). The van der Waals surface area contributed by atoms with Crippen LogP contribution in [0.3, 0.4) is 0 Å². The highest BCUT2D eigenvalue weighted by Gasteiger charge is 2.17. The van der Waals surface area contributed by atoms with Gasteiger partial charge in [0.1, 0.15) is 0 Å². The van der Waals surface area contributed by atoms with Crippen molar-refractivity contribution in [2.75, 3.05) is 7.05 Å². The number of aromatic nitrogens is 4. The molecule has 0 aliphatic carbocycles. The number of nitrogens with one attached hydrogen (secondary N) is 1. The first-order valence-corrected chi connectivity index (χ1v) is 7.77. The number of hydrogen-bond acceptors (Lipinski definition) is 5. The van der Waals surface area contributed by atoms with Gasteiger partial charge in [0, 0.05) is 17.5 Å². The maximum Gasteiger partial charge on any atom is 0.261 e. The number of rotatable bonds is 5. The molecule has 1 aromatic carbocycles. The summed E-state index contributed by atoms with van der Waals surface area (Å²) in [5, 5.41) is 12.3. The van der Waals surface area contributed by atoms with Crippen molar-refractivity contribution in [1.29, 1.82) is 0 Å². The fraction of sp³-hybridized carbons (Fsp3) is 0.312. The van der Waals surface area contributed by atoms with Crippen molar-refractivity contribution in [1.82, 2.24) is 25.2 Å². The van der Waals surface area contributed by atoms with Gasteiger partial charge in [-0.05, 0) is 39.1 Å². The molecule has 0 amide bonds. The first kappa shape index (κ1) is 18.4. The summed E-state index contributed by atoms with van der Waals surface area (Å²) < 4.78 is 7.19. The second-order valence-corrected chi connectivity index (χ2v) is 5.88. The van der Waals surface area contributed by atoms with E-state index in [1.54, 1.807) is 10.9 Å². The Morgan fingerprint density at radius 1 is 1.38 bits per heavy atom. The lowest BCUT2D eigenvalue weighted by molar-refractivity contribution is 0.418. The number of nitrogens with zero attached hydrogens (tertiary/aromatic N) is 4. The highest BCUT2D eigenvalue weighted by molar-refractivity contribution is 6.30. The molecule has 0 aliphatic heterocycles. The quantitative estimate of drug-likeness (QED) is 0.747. The van der Waals surface area contributed by atoms with E-state index in [2.05, 4.69) is 27.5 Å². The van der Waals surface area contributed by atoms with Crippen LogP contribution in [-0.4, -0.2) is 33.0 Å². The van der Waals surface area contributed by atoms with E-state index < -0.39 is 0 Å². The molecule has 0 fully saturated rings. The Labute approximate surface area is 151 Å². The van der Waals surface area contributed by atoms with Crippen LogP contribution >= 0.6 is 24.0 Å². The summed E-state index contributed by atoms with van der Waals surface area (Å²) in [6.07, 6.45) is 2.44. The Morgan fingerprint density at radius 2 is 2.17 bits per heavy atom. The smallest absolute Gasteiger partial charge is 0.261 e. The van der Waals surface area contributed by atoms with Crippen LogP contribution in [0.4, 0.5) is 0 Å². The van der Waals surface area contributed by atoms with Crippen molar-refractivity contribution < 1.29 is 4.52 Å². The molecule has 1 N–H and O–H groups in total. The minimum absolute atomic E-state index is 0. The molecule has 24 heavy (non-hydrogen) atoms. The lowest BCUT2D eigenvalue weighted by Gasteiger charge is -2.05. The summed E-state index contributed by atoms with van der Waals surface area (Å²) in [4.78, 5) is 4.46. The van der Waals surface area contributed by atoms with Gasteiger partial charge in [-0.15, -0.1) is 12.4 Å². The van der Waals surface area contributed by atoms with Gasteiger partial charge in [0.25, 0.3) is 5.89 Å². The largest absolute Gasteiger partial charge is 0.334 e. The van der Waals surface area contributed by atoms with Gasteiger partial charge in [0.05, 0.1) is 23.1 Å². The normalized spacial score (nSPS) is 12.0. The summed E-state index contributed by atoms with van der Waals surface area (Å²) in [7, 11) is 1.91. The third-order valence-corrected chi connectivity index (χ3v) is 3.98. The minimum Gasteiger partial charge on any atom is -0.334 e. The molecule has 0 bridgehead atoms. The predicted octanol–water partition coefficient (Wildman–Crippen LogP) is 3.46. The lowest BCUT2D eigenvalue weighted by atomic mass is 10.2. The van der Waals surface area contributed by atoms with Crippen molar-refractivity contribution in [2.24, 2.45) is 0 Å². The van der Waals surface area contributed by atoms with Gasteiger partial charge in [-0.3, -0.25) is 0 Å². The van der Waals surface area contributed by atoms with Crippen LogP contribution in [0.25, 0.3) is 17.1 Å². The van der Waals surface area contributed by atoms with Crippen molar-refractivity contribution in [3.8, 4) is 17.1 Å². The topological polar surface area (TPSA) is 68.8 Å². The number of hydrogen-bond donors (Lipinski definition) is 1. The molecule has 1 atom stereocenters. The third kappa shape index (κ3) is 3.77. The van der Waals surface area contributed by atoms with E-state index in [0.29, 0.717) is 23.2 Å². The Morgan fingerprint density at radius 3 is 2.88 bits per heavy atom. The number of likely N-dealkylation sites (N-methyl/N-ethyl adjacent to an activating group) is 1. The molecule has 2 aromatic heterocycles. The monoisotopic (exact) mass is 367 g/mol. The third-order valence-electron chi connectivity index (χ3n) is 3.74. The fourth-order valence-corrected chi connectivity index (χ4v) is 2.49. The van der Waals surface area contributed by atoms with E-state index in [1.807, 2.05) is 38.2 Å². The number of benzene rings is 1. The first-order chi connectivity index (χ1) is 11.1. The molecular weight excluding hydrogens is 349 g/mol. The van der Waals surface area contributed by atoms with E-state index in [-0.39, 0.29) is 18.4 Å². The molecule has 0 saturated carbocycles. The predicted molar refractivity (Wildman–Crippen MR) is 96.1 cm³/mol. The van der Waals surface area contributed by atoms with Gasteiger partial charge in [-0.1, -0.05) is 22.8 Å². The van der Waals surface area contributed by atoms with Crippen LogP contribution in [-0.2, 0) is 6.42 Å². The highest BCUT2D eigenvalue weighted by atomic mass is 35.5. The fourth-order valence-electron chi connectivity index (χ4n) is 2.31. The van der Waals surface area contributed by atoms with Crippen LogP contribution in [0.15, 0.2) is 35.0 Å². The van der Waals surface area contributed by atoms with Crippen molar-refractivity contribution in [3.63, 3.8) is 0 Å². The molecule has 3 aromatic rings. The first-order valence-electron chi connectivity index (χ1n) is 7.39.